The van der Waals surface area contributed by atoms with E-state index in [0.717, 1.165) is 50.3 Å². The van der Waals surface area contributed by atoms with E-state index in [4.69, 9.17) is 11.5 Å². The molecule has 0 saturated carbocycles. The monoisotopic (exact) mass is 446 g/mol. The third-order valence-electron chi connectivity index (χ3n) is 4.04. The minimum atomic E-state index is -0.203. The topological polar surface area (TPSA) is 110 Å². The van der Waals surface area contributed by atoms with Gasteiger partial charge in [0, 0.05) is 37.3 Å². The Morgan fingerprint density at radius 3 is 2.75 bits per heavy atom. The van der Waals surface area contributed by atoms with Gasteiger partial charge in [0.25, 0.3) is 0 Å². The number of amides is 1. The molecule has 2 heterocycles. The molecule has 0 aromatic carbocycles. The summed E-state index contributed by atoms with van der Waals surface area (Å²) in [7, 11) is 0. The van der Waals surface area contributed by atoms with E-state index in [1.807, 2.05) is 12.1 Å². The van der Waals surface area contributed by atoms with Gasteiger partial charge in [0.1, 0.15) is 5.82 Å². The van der Waals surface area contributed by atoms with Crippen LogP contribution < -0.4 is 21.7 Å². The smallest absolute Gasteiger partial charge is 0.220 e. The quantitative estimate of drug-likeness (QED) is 0.346. The van der Waals surface area contributed by atoms with Crippen LogP contribution in [-0.2, 0) is 11.3 Å². The molecule has 0 bridgehead atoms. The van der Waals surface area contributed by atoms with Crippen LogP contribution in [0.2, 0.25) is 0 Å². The number of pyridine rings is 1. The molecule has 1 saturated heterocycles. The number of rotatable bonds is 6. The summed E-state index contributed by atoms with van der Waals surface area (Å²) in [5, 5.41) is 3.06. The third kappa shape index (κ3) is 5.81. The van der Waals surface area contributed by atoms with Crippen LogP contribution in [0.5, 0.6) is 0 Å². The Labute approximate surface area is 160 Å². The maximum Gasteiger partial charge on any atom is 0.220 e. The summed E-state index contributed by atoms with van der Waals surface area (Å²) >= 11 is 0. The van der Waals surface area contributed by atoms with E-state index in [2.05, 4.69) is 27.1 Å². The van der Waals surface area contributed by atoms with Crippen molar-refractivity contribution in [1.82, 2.24) is 10.3 Å². The fourth-order valence-corrected chi connectivity index (χ4v) is 2.69. The van der Waals surface area contributed by atoms with Crippen molar-refractivity contribution in [2.45, 2.75) is 32.7 Å². The third-order valence-corrected chi connectivity index (χ3v) is 4.04. The molecule has 1 amide bonds. The van der Waals surface area contributed by atoms with Crippen LogP contribution in [0.3, 0.4) is 0 Å². The highest BCUT2D eigenvalue weighted by Crippen LogP contribution is 2.24. The summed E-state index contributed by atoms with van der Waals surface area (Å²) in [6, 6.07) is 3.92. The lowest BCUT2D eigenvalue weighted by Gasteiger charge is -2.32. The lowest BCUT2D eigenvalue weighted by molar-refractivity contribution is -0.122. The Hall–Kier alpha value is -1.58. The van der Waals surface area contributed by atoms with Crippen LogP contribution in [0.25, 0.3) is 0 Å². The van der Waals surface area contributed by atoms with Crippen molar-refractivity contribution in [3.63, 3.8) is 0 Å². The first kappa shape index (κ1) is 20.5. The number of carbonyl (C=O) groups is 1. The predicted molar refractivity (Wildman–Crippen MR) is 107 cm³/mol. The molecule has 0 aliphatic carbocycles. The Balaban J connectivity index is 0.00000288. The number of aliphatic imine (C=N–C) groups is 1. The second kappa shape index (κ2) is 10.3. The molecule has 1 fully saturated rings. The van der Waals surface area contributed by atoms with E-state index in [9.17, 15) is 4.79 Å². The molecule has 8 heteroatoms. The molecule has 7 nitrogen and oxygen atoms in total. The molecule has 24 heavy (non-hydrogen) atoms. The first-order chi connectivity index (χ1) is 11.1. The largest absolute Gasteiger partial charge is 0.370 e. The highest BCUT2D eigenvalue weighted by atomic mass is 127. The summed E-state index contributed by atoms with van der Waals surface area (Å²) in [5.41, 5.74) is 12.3. The van der Waals surface area contributed by atoms with E-state index >= 15 is 0 Å². The number of halogens is 1. The molecular weight excluding hydrogens is 419 g/mol. The molecule has 1 aromatic heterocycles. The van der Waals surface area contributed by atoms with Crippen molar-refractivity contribution in [2.24, 2.45) is 22.4 Å². The van der Waals surface area contributed by atoms with E-state index in [-0.39, 0.29) is 35.8 Å². The SMILES string of the molecule is CCCNC(N)=NCc1cccnc1N1CCC(C(N)=O)CC1.I. The number of piperidine rings is 1. The molecule has 0 spiro atoms. The molecular formula is C16H27IN6O. The van der Waals surface area contributed by atoms with Crippen molar-refractivity contribution in [3.8, 4) is 0 Å². The van der Waals surface area contributed by atoms with Crippen LogP contribution >= 0.6 is 24.0 Å². The Morgan fingerprint density at radius 1 is 1.42 bits per heavy atom. The van der Waals surface area contributed by atoms with Gasteiger partial charge in [-0.15, -0.1) is 24.0 Å². The summed E-state index contributed by atoms with van der Waals surface area (Å²) in [4.78, 5) is 22.3. The average Bonchev–Trinajstić information content (AvgIpc) is 2.58. The normalized spacial score (nSPS) is 15.7. The summed E-state index contributed by atoms with van der Waals surface area (Å²) in [6.45, 7) is 4.95. The molecule has 2 rings (SSSR count). The van der Waals surface area contributed by atoms with Crippen LogP contribution in [0.1, 0.15) is 31.7 Å². The predicted octanol–water partition coefficient (Wildman–Crippen LogP) is 1.22. The zero-order valence-electron chi connectivity index (χ0n) is 14.1. The Morgan fingerprint density at radius 2 is 2.12 bits per heavy atom. The van der Waals surface area contributed by atoms with Gasteiger partial charge in [0.05, 0.1) is 6.54 Å². The lowest BCUT2D eigenvalue weighted by atomic mass is 9.96. The van der Waals surface area contributed by atoms with Gasteiger partial charge in [0.2, 0.25) is 5.91 Å². The number of primary amides is 1. The highest BCUT2D eigenvalue weighted by molar-refractivity contribution is 14.0. The van der Waals surface area contributed by atoms with Crippen molar-refractivity contribution in [1.29, 1.82) is 0 Å². The Bertz CT molecular complexity index is 557. The van der Waals surface area contributed by atoms with Crippen LogP contribution in [-0.4, -0.2) is 36.5 Å². The highest BCUT2D eigenvalue weighted by Gasteiger charge is 2.24. The standard InChI is InChI=1S/C16H26N6O.HI/c1-2-7-20-16(18)21-11-13-4-3-8-19-15(13)22-9-5-12(6-10-22)14(17)23;/h3-4,8,12H,2,5-7,9-11H2,1H3,(H2,17,23)(H3,18,20,21);1H. The second-order valence-corrected chi connectivity index (χ2v) is 5.78. The fraction of sp³-hybridized carbons (Fsp3) is 0.562. The molecule has 0 radical (unpaired) electrons. The summed E-state index contributed by atoms with van der Waals surface area (Å²) in [5.74, 6) is 1.15. The number of guanidine groups is 1. The first-order valence-electron chi connectivity index (χ1n) is 8.13. The van der Waals surface area contributed by atoms with Crippen molar-refractivity contribution in [2.75, 3.05) is 24.5 Å². The number of hydrogen-bond acceptors (Lipinski definition) is 4. The van der Waals surface area contributed by atoms with E-state index in [0.29, 0.717) is 12.5 Å². The van der Waals surface area contributed by atoms with Gasteiger partial charge < -0.3 is 21.7 Å². The number of anilines is 1. The molecule has 1 aliphatic rings. The number of carbonyl (C=O) groups excluding carboxylic acids is 1. The van der Waals surface area contributed by atoms with E-state index in [1.54, 1.807) is 6.20 Å². The van der Waals surface area contributed by atoms with Gasteiger partial charge in [-0.05, 0) is 25.3 Å². The zero-order chi connectivity index (χ0) is 16.7. The van der Waals surface area contributed by atoms with Gasteiger partial charge in [-0.1, -0.05) is 13.0 Å². The minimum Gasteiger partial charge on any atom is -0.370 e. The van der Waals surface area contributed by atoms with E-state index in [1.165, 1.54) is 0 Å². The number of nitrogens with zero attached hydrogens (tertiary/aromatic N) is 3. The first-order valence-corrected chi connectivity index (χ1v) is 8.13. The second-order valence-electron chi connectivity index (χ2n) is 5.78. The number of hydrogen-bond donors (Lipinski definition) is 3. The molecule has 1 aliphatic heterocycles. The fourth-order valence-electron chi connectivity index (χ4n) is 2.69. The van der Waals surface area contributed by atoms with E-state index < -0.39 is 0 Å². The maximum atomic E-state index is 11.3. The number of nitrogens with two attached hydrogens (primary N) is 2. The maximum absolute atomic E-state index is 11.3. The van der Waals surface area contributed by atoms with Crippen LogP contribution in [0.4, 0.5) is 5.82 Å². The molecule has 1 aromatic rings. The summed E-state index contributed by atoms with van der Waals surface area (Å²) < 4.78 is 0. The Kier molecular flexibility index (Phi) is 8.80. The van der Waals surface area contributed by atoms with Crippen molar-refractivity contribution >= 4 is 41.7 Å². The molecule has 0 unspecified atom stereocenters. The van der Waals surface area contributed by atoms with Crippen LogP contribution in [0, 0.1) is 5.92 Å². The molecule has 134 valence electrons. The van der Waals surface area contributed by atoms with Crippen LogP contribution in [0.15, 0.2) is 23.3 Å². The van der Waals surface area contributed by atoms with Gasteiger partial charge in [0.15, 0.2) is 5.96 Å². The van der Waals surface area contributed by atoms with Gasteiger partial charge in [-0.25, -0.2) is 9.98 Å². The molecule has 5 N–H and O–H groups in total. The van der Waals surface area contributed by atoms with Crippen molar-refractivity contribution < 1.29 is 4.79 Å². The average molecular weight is 446 g/mol. The zero-order valence-corrected chi connectivity index (χ0v) is 16.4. The van der Waals surface area contributed by atoms with Gasteiger partial charge in [-0.2, -0.15) is 0 Å². The number of aromatic nitrogens is 1. The summed E-state index contributed by atoms with van der Waals surface area (Å²) in [6.07, 6.45) is 4.33. The minimum absolute atomic E-state index is 0. The van der Waals surface area contributed by atoms with Gasteiger partial charge in [-0.3, -0.25) is 4.79 Å². The number of nitrogens with one attached hydrogen (secondary N) is 1. The molecule has 0 atom stereocenters. The van der Waals surface area contributed by atoms with Gasteiger partial charge >= 0.3 is 0 Å². The lowest BCUT2D eigenvalue weighted by Crippen LogP contribution is -2.39. The van der Waals surface area contributed by atoms with Crippen molar-refractivity contribution in [3.05, 3.63) is 23.9 Å².